The SMILES string of the molecule is CC=CCC(C)NC(=S)Nc1nc(-c2cccnc2)cs1. The van der Waals surface area contributed by atoms with Crippen molar-refractivity contribution in [1.29, 1.82) is 0 Å². The quantitative estimate of drug-likeness (QED) is 0.648. The van der Waals surface area contributed by atoms with E-state index in [0.717, 1.165) is 22.8 Å². The van der Waals surface area contributed by atoms with Crippen LogP contribution in [0.3, 0.4) is 0 Å². The van der Waals surface area contributed by atoms with E-state index in [-0.39, 0.29) is 0 Å². The molecule has 1 atom stereocenters. The third-order valence-corrected chi connectivity index (χ3v) is 3.76. The van der Waals surface area contributed by atoms with E-state index in [1.165, 1.54) is 11.3 Å². The Labute approximate surface area is 134 Å². The molecule has 4 nitrogen and oxygen atoms in total. The summed E-state index contributed by atoms with van der Waals surface area (Å²) in [5, 5.41) is 9.73. The highest BCUT2D eigenvalue weighted by Crippen LogP contribution is 2.23. The first-order valence-corrected chi connectivity index (χ1v) is 8.02. The predicted octanol–water partition coefficient (Wildman–Crippen LogP) is 3.85. The molecule has 0 aliphatic heterocycles. The second-order valence-electron chi connectivity index (χ2n) is 4.58. The monoisotopic (exact) mass is 318 g/mol. The molecule has 110 valence electrons. The molecule has 0 bridgehead atoms. The van der Waals surface area contributed by atoms with Gasteiger partial charge in [0.25, 0.3) is 0 Å². The van der Waals surface area contributed by atoms with Crippen LogP contribution in [0.1, 0.15) is 20.3 Å². The Bertz CT molecular complexity index is 607. The number of thiocarbonyl (C=S) groups is 1. The maximum absolute atomic E-state index is 5.30. The molecule has 2 heterocycles. The zero-order valence-corrected chi connectivity index (χ0v) is 13.7. The van der Waals surface area contributed by atoms with Gasteiger partial charge in [-0.2, -0.15) is 0 Å². The van der Waals surface area contributed by atoms with Crippen LogP contribution in [0.15, 0.2) is 42.1 Å². The Hall–Kier alpha value is -1.79. The Kier molecular flexibility index (Phi) is 5.83. The third kappa shape index (κ3) is 4.91. The highest BCUT2D eigenvalue weighted by Gasteiger charge is 2.07. The molecule has 0 amide bonds. The van der Waals surface area contributed by atoms with Crippen LogP contribution in [-0.2, 0) is 0 Å². The van der Waals surface area contributed by atoms with Crippen molar-refractivity contribution >= 4 is 33.8 Å². The molecule has 0 aliphatic carbocycles. The summed E-state index contributed by atoms with van der Waals surface area (Å²) in [6.45, 7) is 4.11. The zero-order valence-electron chi connectivity index (χ0n) is 12.0. The Morgan fingerprint density at radius 2 is 2.38 bits per heavy atom. The smallest absolute Gasteiger partial charge is 0.189 e. The lowest BCUT2D eigenvalue weighted by Gasteiger charge is -2.14. The normalized spacial score (nSPS) is 12.3. The van der Waals surface area contributed by atoms with Crippen molar-refractivity contribution in [3.05, 3.63) is 42.1 Å². The van der Waals surface area contributed by atoms with Gasteiger partial charge in [0.05, 0.1) is 5.69 Å². The molecule has 2 aromatic heterocycles. The van der Waals surface area contributed by atoms with Crippen LogP contribution in [-0.4, -0.2) is 21.1 Å². The van der Waals surface area contributed by atoms with Gasteiger partial charge in [-0.05, 0) is 44.6 Å². The van der Waals surface area contributed by atoms with Crippen molar-refractivity contribution < 1.29 is 0 Å². The summed E-state index contributed by atoms with van der Waals surface area (Å²) in [4.78, 5) is 8.61. The second-order valence-corrected chi connectivity index (χ2v) is 5.85. The fourth-order valence-corrected chi connectivity index (χ4v) is 2.82. The second kappa shape index (κ2) is 7.85. The van der Waals surface area contributed by atoms with Gasteiger partial charge in [0.15, 0.2) is 10.2 Å². The molecule has 6 heteroatoms. The maximum Gasteiger partial charge on any atom is 0.189 e. The summed E-state index contributed by atoms with van der Waals surface area (Å²) in [6, 6.07) is 4.18. The fourth-order valence-electron chi connectivity index (χ4n) is 1.73. The van der Waals surface area contributed by atoms with E-state index >= 15 is 0 Å². The van der Waals surface area contributed by atoms with Crippen LogP contribution in [0.25, 0.3) is 11.3 Å². The van der Waals surface area contributed by atoms with Gasteiger partial charge >= 0.3 is 0 Å². The molecular weight excluding hydrogens is 300 g/mol. The fraction of sp³-hybridized carbons (Fsp3) is 0.267. The third-order valence-electron chi connectivity index (χ3n) is 2.78. The van der Waals surface area contributed by atoms with E-state index in [2.05, 4.69) is 33.6 Å². The largest absolute Gasteiger partial charge is 0.360 e. The summed E-state index contributed by atoms with van der Waals surface area (Å²) in [7, 11) is 0. The number of nitrogens with zero attached hydrogens (tertiary/aromatic N) is 2. The van der Waals surface area contributed by atoms with Gasteiger partial charge in [-0.3, -0.25) is 4.98 Å². The lowest BCUT2D eigenvalue weighted by Crippen LogP contribution is -2.35. The Balaban J connectivity index is 1.92. The zero-order chi connectivity index (χ0) is 15.1. The van der Waals surface area contributed by atoms with Crippen molar-refractivity contribution in [2.24, 2.45) is 0 Å². The van der Waals surface area contributed by atoms with Gasteiger partial charge in [0, 0.05) is 29.4 Å². The number of nitrogens with one attached hydrogen (secondary N) is 2. The van der Waals surface area contributed by atoms with Crippen LogP contribution in [0.5, 0.6) is 0 Å². The summed E-state index contributed by atoms with van der Waals surface area (Å²) < 4.78 is 0. The summed E-state index contributed by atoms with van der Waals surface area (Å²) >= 11 is 6.82. The number of rotatable bonds is 5. The molecular formula is C15H18N4S2. The molecule has 0 aromatic carbocycles. The van der Waals surface area contributed by atoms with Gasteiger partial charge < -0.3 is 10.6 Å². The number of hydrogen-bond donors (Lipinski definition) is 2. The standard InChI is InChI=1S/C15H18N4S2/c1-3-4-6-11(2)17-14(20)19-15-18-13(10-21-15)12-7-5-8-16-9-12/h3-5,7-11H,6H2,1-2H3,(H2,17,18,19,20). The van der Waals surface area contributed by atoms with Crippen LogP contribution >= 0.6 is 23.6 Å². The van der Waals surface area contributed by atoms with Crippen molar-refractivity contribution in [2.75, 3.05) is 5.32 Å². The van der Waals surface area contributed by atoms with E-state index in [0.29, 0.717) is 11.2 Å². The number of thiazole rings is 1. The number of anilines is 1. The van der Waals surface area contributed by atoms with Crippen LogP contribution in [0.2, 0.25) is 0 Å². The summed E-state index contributed by atoms with van der Waals surface area (Å²) in [5.74, 6) is 0. The van der Waals surface area contributed by atoms with Gasteiger partial charge in [-0.15, -0.1) is 11.3 Å². The molecule has 2 N–H and O–H groups in total. The molecule has 0 fully saturated rings. The lowest BCUT2D eigenvalue weighted by molar-refractivity contribution is 0.678. The molecule has 0 spiro atoms. The summed E-state index contributed by atoms with van der Waals surface area (Å²) in [6.07, 6.45) is 8.64. The molecule has 21 heavy (non-hydrogen) atoms. The van der Waals surface area contributed by atoms with Gasteiger partial charge in [-0.1, -0.05) is 12.2 Å². The molecule has 0 saturated heterocycles. The topological polar surface area (TPSA) is 49.8 Å². The van der Waals surface area contributed by atoms with Crippen molar-refractivity contribution in [3.8, 4) is 11.3 Å². The van der Waals surface area contributed by atoms with Crippen LogP contribution in [0, 0.1) is 0 Å². The van der Waals surface area contributed by atoms with E-state index in [1.807, 2.05) is 30.5 Å². The molecule has 2 aromatic rings. The number of pyridine rings is 1. The minimum atomic E-state index is 0.291. The van der Waals surface area contributed by atoms with E-state index in [9.17, 15) is 0 Å². The average Bonchev–Trinajstić information content (AvgIpc) is 2.94. The molecule has 1 unspecified atom stereocenters. The Morgan fingerprint density at radius 3 is 3.10 bits per heavy atom. The van der Waals surface area contributed by atoms with Gasteiger partial charge in [0.1, 0.15) is 0 Å². The highest BCUT2D eigenvalue weighted by molar-refractivity contribution is 7.80. The van der Waals surface area contributed by atoms with Crippen molar-refractivity contribution in [1.82, 2.24) is 15.3 Å². The maximum atomic E-state index is 5.30. The van der Waals surface area contributed by atoms with Gasteiger partial charge in [0.2, 0.25) is 0 Å². The van der Waals surface area contributed by atoms with Crippen LogP contribution in [0.4, 0.5) is 5.13 Å². The predicted molar refractivity (Wildman–Crippen MR) is 93.6 cm³/mol. The first-order valence-electron chi connectivity index (χ1n) is 6.73. The lowest BCUT2D eigenvalue weighted by atomic mass is 10.2. The van der Waals surface area contributed by atoms with E-state index in [1.54, 1.807) is 12.4 Å². The van der Waals surface area contributed by atoms with E-state index in [4.69, 9.17) is 12.2 Å². The minimum absolute atomic E-state index is 0.291. The minimum Gasteiger partial charge on any atom is -0.360 e. The van der Waals surface area contributed by atoms with E-state index < -0.39 is 0 Å². The number of allylic oxidation sites excluding steroid dienone is 1. The van der Waals surface area contributed by atoms with Gasteiger partial charge in [-0.25, -0.2) is 4.98 Å². The first-order chi connectivity index (χ1) is 10.2. The van der Waals surface area contributed by atoms with Crippen molar-refractivity contribution in [2.45, 2.75) is 26.3 Å². The Morgan fingerprint density at radius 1 is 1.52 bits per heavy atom. The molecule has 2 rings (SSSR count). The average molecular weight is 318 g/mol. The number of aromatic nitrogens is 2. The molecule has 0 saturated carbocycles. The first kappa shape index (κ1) is 15.6. The highest BCUT2D eigenvalue weighted by atomic mass is 32.1. The molecule has 0 aliphatic rings. The summed E-state index contributed by atoms with van der Waals surface area (Å²) in [5.41, 5.74) is 1.91. The molecule has 0 radical (unpaired) electrons. The van der Waals surface area contributed by atoms with Crippen LogP contribution < -0.4 is 10.6 Å². The number of hydrogen-bond acceptors (Lipinski definition) is 4. The van der Waals surface area contributed by atoms with Crippen molar-refractivity contribution in [3.63, 3.8) is 0 Å².